The number of hydrogen-bond donors (Lipinski definition) is 3. The normalized spacial score (nSPS) is 17.9. The van der Waals surface area contributed by atoms with E-state index in [9.17, 15) is 20.1 Å². The van der Waals surface area contributed by atoms with Crippen molar-refractivity contribution >= 4 is 5.97 Å². The molecule has 1 aliphatic heterocycles. The number of para-hydroxylation sites is 2. The van der Waals surface area contributed by atoms with Gasteiger partial charge in [0.15, 0.2) is 11.5 Å². The van der Waals surface area contributed by atoms with E-state index in [1.54, 1.807) is 24.3 Å². The number of ether oxygens (including phenoxy) is 2. The smallest absolute Gasteiger partial charge is 0.348 e. The van der Waals surface area contributed by atoms with Crippen LogP contribution >= 0.6 is 0 Å². The van der Waals surface area contributed by atoms with E-state index < -0.39 is 11.6 Å². The summed E-state index contributed by atoms with van der Waals surface area (Å²) in [6.07, 6.45) is 0.522. The van der Waals surface area contributed by atoms with Crippen molar-refractivity contribution in [3.63, 3.8) is 0 Å². The van der Waals surface area contributed by atoms with Gasteiger partial charge in [-0.05, 0) is 12.1 Å². The van der Waals surface area contributed by atoms with E-state index in [-0.39, 0.29) is 32.1 Å². The fraction of sp³-hybridized carbons (Fsp3) is 0.562. The molecular formula is C16H23NO6. The van der Waals surface area contributed by atoms with Gasteiger partial charge in [-0.2, -0.15) is 0 Å². The largest absolute Gasteiger partial charge is 0.493 e. The molecule has 0 amide bonds. The van der Waals surface area contributed by atoms with Crippen molar-refractivity contribution in [2.24, 2.45) is 0 Å². The molecule has 7 nitrogen and oxygen atoms in total. The van der Waals surface area contributed by atoms with Crippen LogP contribution in [0.1, 0.15) is 12.8 Å². The maximum atomic E-state index is 11.8. The molecule has 1 fully saturated rings. The first-order valence-corrected chi connectivity index (χ1v) is 7.57. The minimum atomic E-state index is -1.33. The molecule has 0 radical (unpaired) electrons. The Labute approximate surface area is 135 Å². The van der Waals surface area contributed by atoms with Gasteiger partial charge in [-0.1, -0.05) is 12.1 Å². The van der Waals surface area contributed by atoms with Crippen LogP contribution in [0.4, 0.5) is 0 Å². The van der Waals surface area contributed by atoms with E-state index in [4.69, 9.17) is 9.47 Å². The lowest BCUT2D eigenvalue weighted by atomic mass is 9.90. The fourth-order valence-electron chi connectivity index (χ4n) is 2.81. The summed E-state index contributed by atoms with van der Waals surface area (Å²) in [5.74, 6) is -0.140. The van der Waals surface area contributed by atoms with Crippen LogP contribution in [0.5, 0.6) is 11.5 Å². The van der Waals surface area contributed by atoms with Gasteiger partial charge in [0, 0.05) is 25.9 Å². The Morgan fingerprint density at radius 3 is 2.26 bits per heavy atom. The second-order valence-electron chi connectivity index (χ2n) is 5.61. The number of aliphatic hydroxyl groups excluding tert-OH is 2. The number of carbonyl (C=O) groups is 1. The molecule has 0 unspecified atom stereocenters. The molecule has 128 valence electrons. The van der Waals surface area contributed by atoms with Crippen LogP contribution < -0.4 is 9.47 Å². The van der Waals surface area contributed by atoms with Gasteiger partial charge in [-0.3, -0.25) is 4.90 Å². The van der Waals surface area contributed by atoms with Crippen molar-refractivity contribution in [2.45, 2.75) is 24.5 Å². The van der Waals surface area contributed by atoms with Crippen LogP contribution in [-0.2, 0) is 4.79 Å². The Kier molecular flexibility index (Phi) is 5.81. The molecule has 0 aliphatic carbocycles. The van der Waals surface area contributed by atoms with Crippen LogP contribution in [-0.4, -0.2) is 71.2 Å². The number of aliphatic carboxylic acids is 1. The average molecular weight is 325 g/mol. The molecule has 23 heavy (non-hydrogen) atoms. The second-order valence-corrected chi connectivity index (χ2v) is 5.61. The molecule has 3 N–H and O–H groups in total. The molecule has 0 spiro atoms. The van der Waals surface area contributed by atoms with Gasteiger partial charge in [-0.15, -0.1) is 0 Å². The molecule has 7 heteroatoms. The van der Waals surface area contributed by atoms with Crippen LogP contribution in [0, 0.1) is 0 Å². The van der Waals surface area contributed by atoms with E-state index in [2.05, 4.69) is 0 Å². The van der Waals surface area contributed by atoms with Crippen molar-refractivity contribution in [3.8, 4) is 11.5 Å². The summed E-state index contributed by atoms with van der Waals surface area (Å²) in [5.41, 5.74) is -1.33. The minimum Gasteiger partial charge on any atom is -0.493 e. The molecule has 1 aromatic rings. The summed E-state index contributed by atoms with van der Waals surface area (Å²) in [6.45, 7) is 0.522. The highest BCUT2D eigenvalue weighted by molar-refractivity contribution is 5.78. The number of carboxylic acid groups (broad SMARTS) is 1. The van der Waals surface area contributed by atoms with Crippen LogP contribution in [0.15, 0.2) is 24.3 Å². The number of hydrogen-bond acceptors (Lipinski definition) is 6. The maximum Gasteiger partial charge on any atom is 0.348 e. The third-order valence-electron chi connectivity index (χ3n) is 4.31. The Morgan fingerprint density at radius 1 is 1.22 bits per heavy atom. The topological polar surface area (TPSA) is 99.5 Å². The first-order chi connectivity index (χ1) is 11.1. The summed E-state index contributed by atoms with van der Waals surface area (Å²) in [6, 6.07) is 6.58. The Bertz CT molecular complexity index is 523. The summed E-state index contributed by atoms with van der Waals surface area (Å²) >= 11 is 0. The van der Waals surface area contributed by atoms with Crippen LogP contribution in [0.2, 0.25) is 0 Å². The van der Waals surface area contributed by atoms with E-state index in [1.807, 2.05) is 4.90 Å². The zero-order valence-corrected chi connectivity index (χ0v) is 13.1. The lowest BCUT2D eigenvalue weighted by Gasteiger charge is -2.41. The first kappa shape index (κ1) is 17.5. The van der Waals surface area contributed by atoms with Crippen molar-refractivity contribution in [3.05, 3.63) is 24.3 Å². The quantitative estimate of drug-likeness (QED) is 0.665. The molecule has 0 aromatic heterocycles. The molecule has 0 atom stereocenters. The number of methoxy groups -OCH3 is 1. The molecule has 2 rings (SSSR count). The number of piperidine rings is 1. The maximum absolute atomic E-state index is 11.8. The molecule has 0 saturated carbocycles. The highest BCUT2D eigenvalue weighted by Gasteiger charge is 2.45. The molecular weight excluding hydrogens is 302 g/mol. The van der Waals surface area contributed by atoms with E-state index in [1.165, 1.54) is 7.11 Å². The van der Waals surface area contributed by atoms with Gasteiger partial charge in [-0.25, -0.2) is 4.79 Å². The van der Waals surface area contributed by atoms with Crippen molar-refractivity contribution in [2.75, 3.05) is 33.4 Å². The van der Waals surface area contributed by atoms with Gasteiger partial charge in [0.25, 0.3) is 0 Å². The molecule has 1 aromatic carbocycles. The summed E-state index contributed by atoms with van der Waals surface area (Å²) in [4.78, 5) is 13.7. The van der Waals surface area contributed by atoms with Crippen LogP contribution in [0.25, 0.3) is 0 Å². The standard InChI is InChI=1S/C16H23NO6/c1-22-13-4-2-3-5-14(13)23-16(15(20)21)6-8-17(9-7-16)12(10-18)11-19/h2-5,12,18-19H,6-11H2,1H3,(H,20,21). The number of benzene rings is 1. The summed E-state index contributed by atoms with van der Waals surface area (Å²) in [5, 5.41) is 28.2. The highest BCUT2D eigenvalue weighted by Crippen LogP contribution is 2.35. The molecule has 0 bridgehead atoms. The number of nitrogens with zero attached hydrogens (tertiary/aromatic N) is 1. The average Bonchev–Trinajstić information content (AvgIpc) is 2.58. The first-order valence-electron chi connectivity index (χ1n) is 7.57. The lowest BCUT2D eigenvalue weighted by molar-refractivity contribution is -0.160. The Morgan fingerprint density at radius 2 is 1.78 bits per heavy atom. The van der Waals surface area contributed by atoms with Gasteiger partial charge in [0.1, 0.15) is 0 Å². The SMILES string of the molecule is COc1ccccc1OC1(C(=O)O)CCN(C(CO)CO)CC1. The lowest BCUT2D eigenvalue weighted by Crippen LogP contribution is -2.56. The third-order valence-corrected chi connectivity index (χ3v) is 4.31. The van der Waals surface area contributed by atoms with Gasteiger partial charge in [0.05, 0.1) is 26.4 Å². The predicted octanol–water partition coefficient (Wildman–Crippen LogP) is 0.346. The van der Waals surface area contributed by atoms with Gasteiger partial charge >= 0.3 is 5.97 Å². The number of likely N-dealkylation sites (tertiary alicyclic amines) is 1. The summed E-state index contributed by atoms with van der Waals surface area (Å²) in [7, 11) is 1.51. The van der Waals surface area contributed by atoms with Gasteiger partial charge in [0.2, 0.25) is 5.60 Å². The zero-order valence-electron chi connectivity index (χ0n) is 13.1. The van der Waals surface area contributed by atoms with Crippen molar-refractivity contribution in [1.29, 1.82) is 0 Å². The third kappa shape index (κ3) is 3.74. The summed E-state index contributed by atoms with van der Waals surface area (Å²) < 4.78 is 11.1. The van der Waals surface area contributed by atoms with Crippen molar-refractivity contribution in [1.82, 2.24) is 4.90 Å². The molecule has 1 heterocycles. The van der Waals surface area contributed by atoms with E-state index >= 15 is 0 Å². The van der Waals surface area contributed by atoms with Crippen molar-refractivity contribution < 1.29 is 29.6 Å². The van der Waals surface area contributed by atoms with Crippen LogP contribution in [0.3, 0.4) is 0 Å². The molecule has 1 aliphatic rings. The zero-order chi connectivity index (χ0) is 16.9. The number of carboxylic acids is 1. The minimum absolute atomic E-state index is 0.163. The van der Waals surface area contributed by atoms with Gasteiger partial charge < -0.3 is 24.8 Å². The second kappa shape index (κ2) is 7.63. The number of aliphatic hydroxyl groups is 2. The molecule has 1 saturated heterocycles. The van der Waals surface area contributed by atoms with E-state index in [0.717, 1.165) is 0 Å². The highest BCUT2D eigenvalue weighted by atomic mass is 16.5. The Balaban J connectivity index is 2.15. The predicted molar refractivity (Wildman–Crippen MR) is 82.8 cm³/mol. The monoisotopic (exact) mass is 325 g/mol. The van der Waals surface area contributed by atoms with E-state index in [0.29, 0.717) is 24.6 Å². The fourth-order valence-corrected chi connectivity index (χ4v) is 2.81. The Hall–Kier alpha value is -1.83. The number of rotatable bonds is 7.